The number of nitrogens with one attached hydrogen (secondary N) is 1. The summed E-state index contributed by atoms with van der Waals surface area (Å²) in [7, 11) is 0. The van der Waals surface area contributed by atoms with Crippen molar-refractivity contribution in [3.63, 3.8) is 0 Å². The predicted molar refractivity (Wildman–Crippen MR) is 99.8 cm³/mol. The Bertz CT molecular complexity index is 1060. The summed E-state index contributed by atoms with van der Waals surface area (Å²) in [6.45, 7) is 4.69. The number of amides is 1. The van der Waals surface area contributed by atoms with E-state index in [1.54, 1.807) is 10.9 Å². The van der Waals surface area contributed by atoms with Gasteiger partial charge in [-0.15, -0.1) is 5.10 Å². The number of H-pyrrole nitrogens is 1. The van der Waals surface area contributed by atoms with Crippen molar-refractivity contribution in [3.05, 3.63) is 44.3 Å². The van der Waals surface area contributed by atoms with Crippen LogP contribution < -0.4 is 10.5 Å². The topological polar surface area (TPSA) is 93.1 Å². The number of anilines is 1. The number of fused-ring (bicyclic) bond motifs is 1. The van der Waals surface area contributed by atoms with E-state index in [0.717, 1.165) is 21.3 Å². The zero-order chi connectivity index (χ0) is 18.4. The molecule has 0 saturated carbocycles. The fourth-order valence-corrected chi connectivity index (χ4v) is 3.84. The number of hydrogen-bond acceptors (Lipinski definition) is 5. The molecule has 1 saturated heterocycles. The average Bonchev–Trinajstić information content (AvgIpc) is 2.98. The summed E-state index contributed by atoms with van der Waals surface area (Å²) in [5, 5.41) is 4.85. The molecule has 9 heteroatoms. The van der Waals surface area contributed by atoms with Crippen LogP contribution in [0.1, 0.15) is 11.1 Å². The van der Waals surface area contributed by atoms with Crippen LogP contribution in [0.4, 0.5) is 5.95 Å². The van der Waals surface area contributed by atoms with Gasteiger partial charge in [0.25, 0.3) is 11.5 Å². The van der Waals surface area contributed by atoms with Gasteiger partial charge in [0, 0.05) is 10.7 Å². The number of carbonyl (C=O) groups is 1. The zero-order valence-electron chi connectivity index (χ0n) is 14.2. The molecule has 2 aromatic heterocycles. The van der Waals surface area contributed by atoms with E-state index in [-0.39, 0.29) is 24.0 Å². The zero-order valence-corrected chi connectivity index (χ0v) is 15.8. The standard InChI is InChI=1S/C17H16BrN5O3/c1-9-5-11(18)6-10(2)14(9)23-7-12-15(21-23)19-17(20-16(12)25)22-3-4-26-8-13(22)24/h5-7H,3-4,8H2,1-2H3,(H,19,20,21,25). The summed E-state index contributed by atoms with van der Waals surface area (Å²) >= 11 is 3.48. The van der Waals surface area contributed by atoms with E-state index in [9.17, 15) is 9.59 Å². The lowest BCUT2D eigenvalue weighted by Gasteiger charge is -2.24. The van der Waals surface area contributed by atoms with E-state index in [1.807, 2.05) is 26.0 Å². The van der Waals surface area contributed by atoms with E-state index in [1.165, 1.54) is 4.90 Å². The van der Waals surface area contributed by atoms with Crippen molar-refractivity contribution in [2.45, 2.75) is 13.8 Å². The molecule has 0 bridgehead atoms. The van der Waals surface area contributed by atoms with Gasteiger partial charge in [0.1, 0.15) is 12.0 Å². The molecule has 1 fully saturated rings. The molecular formula is C17H16BrN5O3. The van der Waals surface area contributed by atoms with Crippen molar-refractivity contribution in [2.75, 3.05) is 24.7 Å². The summed E-state index contributed by atoms with van der Waals surface area (Å²) in [5.74, 6) is -0.0388. The van der Waals surface area contributed by atoms with Crippen LogP contribution in [-0.2, 0) is 9.53 Å². The Kier molecular flexibility index (Phi) is 4.12. The normalized spacial score (nSPS) is 15.0. The van der Waals surface area contributed by atoms with Gasteiger partial charge >= 0.3 is 0 Å². The first-order valence-electron chi connectivity index (χ1n) is 8.09. The molecular weight excluding hydrogens is 402 g/mol. The van der Waals surface area contributed by atoms with Crippen molar-refractivity contribution < 1.29 is 9.53 Å². The molecule has 1 aromatic carbocycles. The van der Waals surface area contributed by atoms with Crippen molar-refractivity contribution in [1.29, 1.82) is 0 Å². The van der Waals surface area contributed by atoms with Crippen LogP contribution in [0.15, 0.2) is 27.6 Å². The summed E-state index contributed by atoms with van der Waals surface area (Å²) in [5.41, 5.74) is 2.90. The first-order chi connectivity index (χ1) is 12.4. The molecule has 3 aromatic rings. The number of aryl methyl sites for hydroxylation is 2. The minimum absolute atomic E-state index is 0.0204. The number of ether oxygens (including phenoxy) is 1. The second kappa shape index (κ2) is 6.33. The minimum atomic E-state index is -0.331. The van der Waals surface area contributed by atoms with Crippen LogP contribution in [0.25, 0.3) is 16.7 Å². The van der Waals surface area contributed by atoms with Gasteiger partial charge in [-0.1, -0.05) is 15.9 Å². The van der Waals surface area contributed by atoms with Crippen LogP contribution >= 0.6 is 15.9 Å². The van der Waals surface area contributed by atoms with Gasteiger partial charge in [0.15, 0.2) is 5.65 Å². The lowest BCUT2D eigenvalue weighted by atomic mass is 10.1. The maximum atomic E-state index is 12.5. The van der Waals surface area contributed by atoms with Crippen LogP contribution in [0.5, 0.6) is 0 Å². The second-order valence-corrected chi connectivity index (χ2v) is 7.10. The number of carbonyl (C=O) groups excluding carboxylic acids is 1. The highest BCUT2D eigenvalue weighted by Crippen LogP contribution is 2.24. The molecule has 1 aliphatic rings. The van der Waals surface area contributed by atoms with E-state index >= 15 is 0 Å². The number of morpholine rings is 1. The molecule has 26 heavy (non-hydrogen) atoms. The van der Waals surface area contributed by atoms with Crippen LogP contribution in [0, 0.1) is 13.8 Å². The van der Waals surface area contributed by atoms with Gasteiger partial charge < -0.3 is 4.74 Å². The molecule has 4 rings (SSSR count). The van der Waals surface area contributed by atoms with Gasteiger partial charge in [-0.05, 0) is 37.1 Å². The Balaban J connectivity index is 1.85. The fourth-order valence-electron chi connectivity index (χ4n) is 3.15. The van der Waals surface area contributed by atoms with E-state index in [2.05, 4.69) is 31.0 Å². The van der Waals surface area contributed by atoms with Gasteiger partial charge in [0.2, 0.25) is 5.95 Å². The molecule has 0 radical (unpaired) electrons. The molecule has 8 nitrogen and oxygen atoms in total. The van der Waals surface area contributed by atoms with E-state index in [0.29, 0.717) is 24.2 Å². The van der Waals surface area contributed by atoms with Crippen LogP contribution in [0.3, 0.4) is 0 Å². The first-order valence-corrected chi connectivity index (χ1v) is 8.88. The molecule has 1 aliphatic heterocycles. The lowest BCUT2D eigenvalue weighted by Crippen LogP contribution is -2.43. The molecule has 1 amide bonds. The Hall–Kier alpha value is -2.52. The number of halogens is 1. The summed E-state index contributed by atoms with van der Waals surface area (Å²) in [6, 6.07) is 3.98. The number of benzene rings is 1. The third kappa shape index (κ3) is 2.82. The second-order valence-electron chi connectivity index (χ2n) is 6.19. The molecule has 0 aliphatic carbocycles. The SMILES string of the molecule is Cc1cc(Br)cc(C)c1-n1cc2c(=O)[nH]c(N3CCOCC3=O)nc2n1. The van der Waals surface area contributed by atoms with E-state index in [4.69, 9.17) is 4.74 Å². The minimum Gasteiger partial charge on any atom is -0.370 e. The third-order valence-corrected chi connectivity index (χ3v) is 4.76. The maximum Gasteiger partial charge on any atom is 0.263 e. The number of hydrogen-bond donors (Lipinski definition) is 1. The molecule has 134 valence electrons. The monoisotopic (exact) mass is 417 g/mol. The maximum absolute atomic E-state index is 12.5. The number of rotatable bonds is 2. The fraction of sp³-hybridized carbons (Fsp3) is 0.294. The highest BCUT2D eigenvalue weighted by molar-refractivity contribution is 9.10. The van der Waals surface area contributed by atoms with E-state index < -0.39 is 0 Å². The van der Waals surface area contributed by atoms with Crippen LogP contribution in [-0.4, -0.2) is 45.4 Å². The molecule has 0 atom stereocenters. The number of aromatic amines is 1. The predicted octanol–water partition coefficient (Wildman–Crippen LogP) is 1.85. The van der Waals surface area contributed by atoms with Gasteiger partial charge in [-0.3, -0.25) is 19.5 Å². The Morgan fingerprint density at radius 3 is 2.65 bits per heavy atom. The van der Waals surface area contributed by atoms with Crippen molar-refractivity contribution >= 4 is 38.8 Å². The van der Waals surface area contributed by atoms with Gasteiger partial charge in [0.05, 0.1) is 18.8 Å². The average molecular weight is 418 g/mol. The number of nitrogens with zero attached hydrogens (tertiary/aromatic N) is 4. The van der Waals surface area contributed by atoms with Crippen molar-refractivity contribution in [1.82, 2.24) is 19.7 Å². The van der Waals surface area contributed by atoms with Crippen molar-refractivity contribution in [2.24, 2.45) is 0 Å². The van der Waals surface area contributed by atoms with Crippen molar-refractivity contribution in [3.8, 4) is 5.69 Å². The molecule has 1 N–H and O–H groups in total. The molecule has 3 heterocycles. The smallest absolute Gasteiger partial charge is 0.263 e. The lowest BCUT2D eigenvalue weighted by molar-refractivity contribution is -0.125. The number of aromatic nitrogens is 4. The highest BCUT2D eigenvalue weighted by atomic mass is 79.9. The highest BCUT2D eigenvalue weighted by Gasteiger charge is 2.23. The van der Waals surface area contributed by atoms with Gasteiger partial charge in [-0.25, -0.2) is 4.68 Å². The molecule has 0 spiro atoms. The Morgan fingerprint density at radius 1 is 1.23 bits per heavy atom. The third-order valence-electron chi connectivity index (χ3n) is 4.30. The quantitative estimate of drug-likeness (QED) is 0.686. The largest absolute Gasteiger partial charge is 0.370 e. The summed E-state index contributed by atoms with van der Waals surface area (Å²) in [4.78, 5) is 33.0. The van der Waals surface area contributed by atoms with Gasteiger partial charge in [-0.2, -0.15) is 4.98 Å². The van der Waals surface area contributed by atoms with Crippen LogP contribution in [0.2, 0.25) is 0 Å². The first kappa shape index (κ1) is 16.9. The summed E-state index contributed by atoms with van der Waals surface area (Å²) < 4.78 is 7.76. The summed E-state index contributed by atoms with van der Waals surface area (Å²) in [6.07, 6.45) is 1.66. The Labute approximate surface area is 156 Å². The molecule has 0 unspecified atom stereocenters. The Morgan fingerprint density at radius 2 is 1.96 bits per heavy atom.